The van der Waals surface area contributed by atoms with Crippen LogP contribution in [-0.2, 0) is 13.0 Å². The summed E-state index contributed by atoms with van der Waals surface area (Å²) in [7, 11) is 0. The number of hydrogen-bond donors (Lipinski definition) is 1. The summed E-state index contributed by atoms with van der Waals surface area (Å²) in [6.07, 6.45) is 7.53. The number of aromatic nitrogens is 3. The minimum Gasteiger partial charge on any atom is -0.347 e. The van der Waals surface area contributed by atoms with Crippen molar-refractivity contribution in [1.82, 2.24) is 19.9 Å². The summed E-state index contributed by atoms with van der Waals surface area (Å²) in [6.45, 7) is 1.09. The molecule has 3 rings (SSSR count). The monoisotopic (exact) mass is 306 g/mol. The maximum absolute atomic E-state index is 12.7. The quantitative estimate of drug-likeness (QED) is 0.761. The van der Waals surface area contributed by atoms with Crippen LogP contribution in [0.25, 0.3) is 0 Å². The molecule has 0 aliphatic carbocycles. The molecule has 2 aromatic heterocycles. The first-order valence-electron chi connectivity index (χ1n) is 7.54. The first-order valence-corrected chi connectivity index (χ1v) is 7.54. The highest BCUT2D eigenvalue weighted by molar-refractivity contribution is 5.94. The van der Waals surface area contributed by atoms with E-state index >= 15 is 0 Å². The maximum atomic E-state index is 12.7. The third-order valence-corrected chi connectivity index (χ3v) is 3.62. The number of hydrogen-bond acceptors (Lipinski definition) is 3. The average molecular weight is 306 g/mol. The van der Waals surface area contributed by atoms with E-state index in [1.165, 1.54) is 5.56 Å². The zero-order chi connectivity index (χ0) is 15.9. The van der Waals surface area contributed by atoms with Crippen molar-refractivity contribution < 1.29 is 4.79 Å². The second kappa shape index (κ2) is 7.35. The van der Waals surface area contributed by atoms with Gasteiger partial charge < -0.3 is 9.88 Å². The van der Waals surface area contributed by atoms with Crippen molar-refractivity contribution >= 4 is 5.91 Å². The lowest BCUT2D eigenvalue weighted by molar-refractivity contribution is 0.0741. The summed E-state index contributed by atoms with van der Waals surface area (Å²) >= 11 is 0. The summed E-state index contributed by atoms with van der Waals surface area (Å²) in [5.41, 5.74) is 1.85. The van der Waals surface area contributed by atoms with E-state index in [0.29, 0.717) is 18.7 Å². The highest BCUT2D eigenvalue weighted by Gasteiger charge is 2.17. The normalized spacial score (nSPS) is 10.4. The lowest BCUT2D eigenvalue weighted by Crippen LogP contribution is -2.33. The zero-order valence-corrected chi connectivity index (χ0v) is 12.7. The van der Waals surface area contributed by atoms with Crippen LogP contribution in [0, 0.1) is 0 Å². The highest BCUT2D eigenvalue weighted by atomic mass is 16.2. The molecule has 5 heteroatoms. The Labute approximate surface area is 135 Å². The minimum absolute atomic E-state index is 0.0141. The lowest BCUT2D eigenvalue weighted by atomic mass is 10.1. The Morgan fingerprint density at radius 2 is 1.83 bits per heavy atom. The largest absolute Gasteiger partial charge is 0.347 e. The number of carbonyl (C=O) groups excluding carboxylic acids is 1. The second-order valence-electron chi connectivity index (χ2n) is 5.23. The second-order valence-corrected chi connectivity index (χ2v) is 5.23. The molecule has 0 spiro atoms. The Morgan fingerprint density at radius 3 is 2.52 bits per heavy atom. The van der Waals surface area contributed by atoms with Crippen molar-refractivity contribution in [3.63, 3.8) is 0 Å². The number of benzene rings is 1. The van der Waals surface area contributed by atoms with E-state index in [9.17, 15) is 4.79 Å². The molecule has 5 nitrogen and oxygen atoms in total. The molecule has 2 heterocycles. The molecule has 0 bridgehead atoms. The zero-order valence-electron chi connectivity index (χ0n) is 12.7. The minimum atomic E-state index is -0.0141. The Balaban J connectivity index is 1.74. The average Bonchev–Trinajstić information content (AvgIpc) is 3.13. The van der Waals surface area contributed by atoms with Gasteiger partial charge in [0.15, 0.2) is 0 Å². The van der Waals surface area contributed by atoms with Crippen LogP contribution in [0.2, 0.25) is 0 Å². The molecule has 0 atom stereocenters. The number of imidazole rings is 1. The van der Waals surface area contributed by atoms with Crippen molar-refractivity contribution in [1.29, 1.82) is 0 Å². The SMILES string of the molecule is O=C(c1ccncc1)N(CCc1ccccc1)Cc1ncc[nH]1. The van der Waals surface area contributed by atoms with E-state index in [2.05, 4.69) is 27.1 Å². The summed E-state index contributed by atoms with van der Waals surface area (Å²) in [6, 6.07) is 13.6. The van der Waals surface area contributed by atoms with Gasteiger partial charge in [0.05, 0.1) is 6.54 Å². The van der Waals surface area contributed by atoms with Crippen molar-refractivity contribution in [2.24, 2.45) is 0 Å². The molecule has 0 saturated carbocycles. The van der Waals surface area contributed by atoms with Gasteiger partial charge in [0.25, 0.3) is 5.91 Å². The van der Waals surface area contributed by atoms with Crippen LogP contribution >= 0.6 is 0 Å². The highest BCUT2D eigenvalue weighted by Crippen LogP contribution is 2.09. The van der Waals surface area contributed by atoms with Crippen molar-refractivity contribution in [2.45, 2.75) is 13.0 Å². The van der Waals surface area contributed by atoms with Gasteiger partial charge in [0.2, 0.25) is 0 Å². The lowest BCUT2D eigenvalue weighted by Gasteiger charge is -2.22. The topological polar surface area (TPSA) is 61.9 Å². The van der Waals surface area contributed by atoms with Gasteiger partial charge in [-0.15, -0.1) is 0 Å². The standard InChI is InChI=1S/C18H18N4O/c23-18(16-6-9-19-10-7-16)22(14-17-20-11-12-21-17)13-8-15-4-2-1-3-5-15/h1-7,9-12H,8,13-14H2,(H,20,21). The van der Waals surface area contributed by atoms with Gasteiger partial charge in [0, 0.05) is 36.9 Å². The number of nitrogens with one attached hydrogen (secondary N) is 1. The number of pyridine rings is 1. The smallest absolute Gasteiger partial charge is 0.254 e. The number of nitrogens with zero attached hydrogens (tertiary/aromatic N) is 3. The van der Waals surface area contributed by atoms with Crippen LogP contribution in [-0.4, -0.2) is 32.3 Å². The molecule has 1 N–H and O–H groups in total. The van der Waals surface area contributed by atoms with Gasteiger partial charge in [-0.2, -0.15) is 0 Å². The number of carbonyl (C=O) groups is 1. The first-order chi connectivity index (χ1) is 11.3. The molecule has 0 saturated heterocycles. The van der Waals surface area contributed by atoms with Gasteiger partial charge in [-0.1, -0.05) is 30.3 Å². The fraction of sp³-hybridized carbons (Fsp3) is 0.167. The summed E-state index contributed by atoms with van der Waals surface area (Å²) < 4.78 is 0. The van der Waals surface area contributed by atoms with Crippen LogP contribution < -0.4 is 0 Å². The molecule has 23 heavy (non-hydrogen) atoms. The van der Waals surface area contributed by atoms with Crippen molar-refractivity contribution in [3.8, 4) is 0 Å². The summed E-state index contributed by atoms with van der Waals surface area (Å²) in [5.74, 6) is 0.764. The predicted molar refractivity (Wildman–Crippen MR) is 87.7 cm³/mol. The third-order valence-electron chi connectivity index (χ3n) is 3.62. The summed E-state index contributed by atoms with van der Waals surface area (Å²) in [5, 5.41) is 0. The van der Waals surface area contributed by atoms with E-state index in [0.717, 1.165) is 12.2 Å². The van der Waals surface area contributed by atoms with Gasteiger partial charge in [-0.25, -0.2) is 4.98 Å². The van der Waals surface area contributed by atoms with Crippen LogP contribution in [0.4, 0.5) is 0 Å². The van der Waals surface area contributed by atoms with E-state index in [-0.39, 0.29) is 5.91 Å². The Kier molecular flexibility index (Phi) is 4.79. The van der Waals surface area contributed by atoms with Crippen molar-refractivity contribution in [3.05, 3.63) is 84.2 Å². The van der Waals surface area contributed by atoms with E-state index in [4.69, 9.17) is 0 Å². The number of aromatic amines is 1. The molecule has 3 aromatic rings. The molecule has 116 valence electrons. The molecule has 0 aliphatic heterocycles. The third kappa shape index (κ3) is 4.03. The fourth-order valence-electron chi connectivity index (χ4n) is 2.40. The van der Waals surface area contributed by atoms with Crippen LogP contribution in [0.3, 0.4) is 0 Å². The summed E-state index contributed by atoms with van der Waals surface area (Å²) in [4.78, 5) is 25.8. The van der Waals surface area contributed by atoms with Crippen LogP contribution in [0.15, 0.2) is 67.3 Å². The number of H-pyrrole nitrogens is 1. The number of amides is 1. The molecule has 0 radical (unpaired) electrons. The Hall–Kier alpha value is -2.95. The van der Waals surface area contributed by atoms with Gasteiger partial charge in [-0.05, 0) is 24.1 Å². The van der Waals surface area contributed by atoms with Crippen LogP contribution in [0.1, 0.15) is 21.7 Å². The fourth-order valence-corrected chi connectivity index (χ4v) is 2.40. The van der Waals surface area contributed by atoms with Gasteiger partial charge in [0.1, 0.15) is 5.82 Å². The Bertz CT molecular complexity index is 726. The van der Waals surface area contributed by atoms with Gasteiger partial charge in [-0.3, -0.25) is 9.78 Å². The molecule has 1 aromatic carbocycles. The molecular formula is C18H18N4O. The maximum Gasteiger partial charge on any atom is 0.254 e. The van der Waals surface area contributed by atoms with E-state index < -0.39 is 0 Å². The van der Waals surface area contributed by atoms with E-state index in [1.807, 2.05) is 18.2 Å². The number of rotatable bonds is 6. The molecule has 1 amide bonds. The van der Waals surface area contributed by atoms with E-state index in [1.54, 1.807) is 41.8 Å². The van der Waals surface area contributed by atoms with Gasteiger partial charge >= 0.3 is 0 Å². The first kappa shape index (κ1) is 15.0. The molecular weight excluding hydrogens is 288 g/mol. The molecule has 0 aliphatic rings. The predicted octanol–water partition coefficient (Wildman–Crippen LogP) is 2.69. The molecule has 0 unspecified atom stereocenters. The van der Waals surface area contributed by atoms with Crippen molar-refractivity contribution in [2.75, 3.05) is 6.54 Å². The Morgan fingerprint density at radius 1 is 1.04 bits per heavy atom. The molecule has 0 fully saturated rings. The van der Waals surface area contributed by atoms with Crippen LogP contribution in [0.5, 0.6) is 0 Å².